The van der Waals surface area contributed by atoms with E-state index in [1.807, 2.05) is 6.92 Å². The summed E-state index contributed by atoms with van der Waals surface area (Å²) in [5, 5.41) is 5.69. The van der Waals surface area contributed by atoms with Crippen molar-refractivity contribution in [2.75, 3.05) is 17.2 Å². The SMILES string of the molecule is CCNc1cncc(C(=O)Nc2cc(F)ccc2Cl)n1. The molecule has 1 heterocycles. The van der Waals surface area contributed by atoms with E-state index >= 15 is 0 Å². The molecule has 1 aromatic carbocycles. The summed E-state index contributed by atoms with van der Waals surface area (Å²) in [5.74, 6) is -0.507. The Balaban J connectivity index is 2.19. The number of hydrogen-bond acceptors (Lipinski definition) is 4. The van der Waals surface area contributed by atoms with Crippen molar-refractivity contribution in [3.05, 3.63) is 47.1 Å². The molecule has 2 N–H and O–H groups in total. The van der Waals surface area contributed by atoms with Crippen molar-refractivity contribution in [2.45, 2.75) is 6.92 Å². The minimum absolute atomic E-state index is 0.115. The van der Waals surface area contributed by atoms with Crippen molar-refractivity contribution >= 4 is 29.0 Å². The highest BCUT2D eigenvalue weighted by Gasteiger charge is 2.11. The molecule has 0 spiro atoms. The van der Waals surface area contributed by atoms with Crippen LogP contribution in [-0.4, -0.2) is 22.4 Å². The Hall–Kier alpha value is -2.21. The zero-order valence-corrected chi connectivity index (χ0v) is 11.4. The van der Waals surface area contributed by atoms with E-state index < -0.39 is 11.7 Å². The predicted octanol–water partition coefficient (Wildman–Crippen LogP) is 2.95. The molecule has 0 saturated carbocycles. The molecule has 7 heteroatoms. The maximum absolute atomic E-state index is 13.1. The summed E-state index contributed by atoms with van der Waals surface area (Å²) in [6, 6.07) is 3.72. The smallest absolute Gasteiger partial charge is 0.275 e. The molecule has 0 fully saturated rings. The first kappa shape index (κ1) is 14.2. The molecule has 0 unspecified atom stereocenters. The number of nitrogens with zero attached hydrogens (tertiary/aromatic N) is 2. The molecular weight excluding hydrogens is 283 g/mol. The molecule has 0 bridgehead atoms. The van der Waals surface area contributed by atoms with Crippen molar-refractivity contribution in [3.63, 3.8) is 0 Å². The first-order valence-electron chi connectivity index (χ1n) is 5.92. The van der Waals surface area contributed by atoms with Gasteiger partial charge in [-0.1, -0.05) is 11.6 Å². The second-order valence-electron chi connectivity index (χ2n) is 3.90. The topological polar surface area (TPSA) is 66.9 Å². The fourth-order valence-corrected chi connectivity index (χ4v) is 1.69. The van der Waals surface area contributed by atoms with Crippen molar-refractivity contribution in [2.24, 2.45) is 0 Å². The third kappa shape index (κ3) is 3.42. The standard InChI is InChI=1S/C13H12ClFN4O/c1-2-17-12-7-16-6-11(18-12)13(20)19-10-5-8(15)3-4-9(10)14/h3-7H,2H2,1H3,(H,17,18)(H,19,20). The highest BCUT2D eigenvalue weighted by Crippen LogP contribution is 2.22. The minimum atomic E-state index is -0.509. The highest BCUT2D eigenvalue weighted by molar-refractivity contribution is 6.33. The van der Waals surface area contributed by atoms with Crippen molar-refractivity contribution in [1.82, 2.24) is 9.97 Å². The molecule has 1 amide bonds. The van der Waals surface area contributed by atoms with E-state index in [-0.39, 0.29) is 16.4 Å². The molecule has 104 valence electrons. The van der Waals surface area contributed by atoms with Gasteiger partial charge in [0.1, 0.15) is 17.3 Å². The summed E-state index contributed by atoms with van der Waals surface area (Å²) in [7, 11) is 0. The molecule has 2 rings (SSSR count). The number of carbonyl (C=O) groups is 1. The van der Waals surface area contributed by atoms with Crippen molar-refractivity contribution in [1.29, 1.82) is 0 Å². The van der Waals surface area contributed by atoms with Gasteiger partial charge in [0.05, 0.1) is 23.1 Å². The van der Waals surface area contributed by atoms with Crippen LogP contribution in [-0.2, 0) is 0 Å². The first-order valence-corrected chi connectivity index (χ1v) is 6.30. The molecular formula is C13H12ClFN4O. The van der Waals surface area contributed by atoms with E-state index in [1.165, 1.54) is 24.5 Å². The number of rotatable bonds is 4. The van der Waals surface area contributed by atoms with E-state index in [2.05, 4.69) is 20.6 Å². The lowest BCUT2D eigenvalue weighted by Gasteiger charge is -2.08. The number of benzene rings is 1. The van der Waals surface area contributed by atoms with Crippen LogP contribution in [0.1, 0.15) is 17.4 Å². The summed E-state index contributed by atoms with van der Waals surface area (Å²) in [5.41, 5.74) is 0.302. The second-order valence-corrected chi connectivity index (χ2v) is 4.31. The van der Waals surface area contributed by atoms with E-state index in [4.69, 9.17) is 11.6 Å². The maximum atomic E-state index is 13.1. The van der Waals surface area contributed by atoms with Crippen molar-refractivity contribution < 1.29 is 9.18 Å². The monoisotopic (exact) mass is 294 g/mol. The van der Waals surface area contributed by atoms with Gasteiger partial charge in [-0.3, -0.25) is 9.78 Å². The van der Waals surface area contributed by atoms with E-state index in [0.29, 0.717) is 12.4 Å². The van der Waals surface area contributed by atoms with Crippen LogP contribution >= 0.6 is 11.6 Å². The summed E-state index contributed by atoms with van der Waals surface area (Å²) in [6.07, 6.45) is 2.83. The van der Waals surface area contributed by atoms with Gasteiger partial charge in [0.25, 0.3) is 5.91 Å². The number of carbonyl (C=O) groups excluding carboxylic acids is 1. The maximum Gasteiger partial charge on any atom is 0.275 e. The van der Waals surface area contributed by atoms with Gasteiger partial charge in [-0.2, -0.15) is 0 Å². The first-order chi connectivity index (χ1) is 9.60. The zero-order valence-electron chi connectivity index (χ0n) is 10.7. The lowest BCUT2D eigenvalue weighted by Crippen LogP contribution is -2.15. The van der Waals surface area contributed by atoms with Crippen LogP contribution < -0.4 is 10.6 Å². The normalized spacial score (nSPS) is 10.2. The molecule has 5 nitrogen and oxygen atoms in total. The van der Waals surface area contributed by atoms with Gasteiger partial charge in [0.15, 0.2) is 0 Å². The highest BCUT2D eigenvalue weighted by atomic mass is 35.5. The Morgan fingerprint density at radius 3 is 2.95 bits per heavy atom. The number of aromatic nitrogens is 2. The Morgan fingerprint density at radius 1 is 1.40 bits per heavy atom. The Kier molecular flexibility index (Phi) is 4.47. The van der Waals surface area contributed by atoms with Gasteiger partial charge < -0.3 is 10.6 Å². The molecule has 0 aliphatic rings. The van der Waals surface area contributed by atoms with Gasteiger partial charge in [0.2, 0.25) is 0 Å². The summed E-state index contributed by atoms with van der Waals surface area (Å²) in [6.45, 7) is 2.57. The van der Waals surface area contributed by atoms with Gasteiger partial charge in [-0.15, -0.1) is 0 Å². The van der Waals surface area contributed by atoms with Crippen LogP contribution in [0.25, 0.3) is 0 Å². The predicted molar refractivity (Wildman–Crippen MR) is 75.6 cm³/mol. The Bertz CT molecular complexity index is 636. The average molecular weight is 295 g/mol. The Morgan fingerprint density at radius 2 is 2.20 bits per heavy atom. The van der Waals surface area contributed by atoms with Gasteiger partial charge >= 0.3 is 0 Å². The van der Waals surface area contributed by atoms with Crippen LogP contribution in [0.3, 0.4) is 0 Å². The average Bonchev–Trinajstić information content (AvgIpc) is 2.43. The van der Waals surface area contributed by atoms with Crippen LogP contribution in [0.15, 0.2) is 30.6 Å². The fraction of sp³-hybridized carbons (Fsp3) is 0.154. The van der Waals surface area contributed by atoms with Crippen LogP contribution in [0.2, 0.25) is 5.02 Å². The third-order valence-electron chi connectivity index (χ3n) is 2.40. The quantitative estimate of drug-likeness (QED) is 0.910. The summed E-state index contributed by atoms with van der Waals surface area (Å²) in [4.78, 5) is 20.0. The summed E-state index contributed by atoms with van der Waals surface area (Å²) >= 11 is 5.88. The number of nitrogens with one attached hydrogen (secondary N) is 2. The van der Waals surface area contributed by atoms with Gasteiger partial charge in [-0.25, -0.2) is 9.37 Å². The Labute approximate surface area is 120 Å². The van der Waals surface area contributed by atoms with E-state index in [9.17, 15) is 9.18 Å². The number of amides is 1. The number of anilines is 2. The molecule has 1 aromatic heterocycles. The zero-order chi connectivity index (χ0) is 14.5. The lowest BCUT2D eigenvalue weighted by atomic mass is 10.3. The molecule has 0 aliphatic carbocycles. The lowest BCUT2D eigenvalue weighted by molar-refractivity contribution is 0.102. The molecule has 0 saturated heterocycles. The van der Waals surface area contributed by atoms with E-state index in [1.54, 1.807) is 0 Å². The minimum Gasteiger partial charge on any atom is -0.369 e. The molecule has 0 radical (unpaired) electrons. The third-order valence-corrected chi connectivity index (χ3v) is 2.73. The number of halogens is 2. The summed E-state index contributed by atoms with van der Waals surface area (Å²) < 4.78 is 13.1. The second kappa shape index (κ2) is 6.29. The molecule has 2 aromatic rings. The molecule has 0 atom stereocenters. The van der Waals surface area contributed by atoms with E-state index in [0.717, 1.165) is 6.07 Å². The van der Waals surface area contributed by atoms with Gasteiger partial charge in [0, 0.05) is 6.54 Å². The van der Waals surface area contributed by atoms with Crippen molar-refractivity contribution in [3.8, 4) is 0 Å². The van der Waals surface area contributed by atoms with Gasteiger partial charge in [-0.05, 0) is 25.1 Å². The number of hydrogen-bond donors (Lipinski definition) is 2. The van der Waals surface area contributed by atoms with Crippen LogP contribution in [0.4, 0.5) is 15.9 Å². The molecule has 20 heavy (non-hydrogen) atoms. The fourth-order valence-electron chi connectivity index (χ4n) is 1.52. The van der Waals surface area contributed by atoms with Crippen LogP contribution in [0, 0.1) is 5.82 Å². The largest absolute Gasteiger partial charge is 0.369 e. The molecule has 0 aliphatic heterocycles. The van der Waals surface area contributed by atoms with Crippen LogP contribution in [0.5, 0.6) is 0 Å².